The third-order valence-corrected chi connectivity index (χ3v) is 2.89. The first-order valence-electron chi connectivity index (χ1n) is 6.65. The van der Waals surface area contributed by atoms with Crippen molar-refractivity contribution in [2.45, 2.75) is 45.3 Å². The van der Waals surface area contributed by atoms with Crippen LogP contribution in [0.2, 0.25) is 0 Å². The lowest BCUT2D eigenvalue weighted by Gasteiger charge is -2.17. The molecule has 19 heavy (non-hydrogen) atoms. The van der Waals surface area contributed by atoms with Gasteiger partial charge in [0, 0.05) is 0 Å². The van der Waals surface area contributed by atoms with E-state index in [2.05, 4.69) is 18.2 Å². The van der Waals surface area contributed by atoms with Crippen molar-refractivity contribution < 1.29 is 9.53 Å². The largest absolute Gasteiger partial charge is 0.433 e. The number of benzene rings is 1. The Bertz CT molecular complexity index is 422. The van der Waals surface area contributed by atoms with Crippen molar-refractivity contribution in [3.63, 3.8) is 0 Å². The molecule has 0 saturated carbocycles. The van der Waals surface area contributed by atoms with Crippen molar-refractivity contribution in [2.75, 3.05) is 0 Å². The number of hydrogen-bond acceptors (Lipinski definition) is 2. The number of carbonyl (C=O) groups is 1. The molecule has 0 unspecified atom stereocenters. The van der Waals surface area contributed by atoms with Crippen molar-refractivity contribution >= 4 is 6.09 Å². The molecule has 102 valence electrons. The minimum Gasteiger partial charge on any atom is -0.433 e. The number of unbranched alkanes of at least 4 members (excludes halogenated alkanes) is 1. The van der Waals surface area contributed by atoms with Gasteiger partial charge in [0.05, 0.1) is 6.04 Å². The van der Waals surface area contributed by atoms with Crippen molar-refractivity contribution in [3.05, 3.63) is 35.9 Å². The lowest BCUT2D eigenvalue weighted by Crippen LogP contribution is -2.30. The molecule has 1 amide bonds. The Morgan fingerprint density at radius 2 is 2.11 bits per heavy atom. The summed E-state index contributed by atoms with van der Waals surface area (Å²) in [5.74, 6) is 2.50. The third-order valence-electron chi connectivity index (χ3n) is 2.89. The molecule has 1 aromatic rings. The summed E-state index contributed by atoms with van der Waals surface area (Å²) in [6.07, 6.45) is 7.14. The lowest BCUT2D eigenvalue weighted by atomic mass is 10.1. The molecule has 0 aliphatic heterocycles. The Labute approximate surface area is 115 Å². The smallest absolute Gasteiger partial charge is 0.408 e. The zero-order valence-electron chi connectivity index (χ0n) is 11.6. The molecule has 1 rings (SSSR count). The van der Waals surface area contributed by atoms with E-state index >= 15 is 0 Å². The van der Waals surface area contributed by atoms with Crippen LogP contribution in [0.15, 0.2) is 30.3 Å². The van der Waals surface area contributed by atoms with Crippen molar-refractivity contribution in [3.8, 4) is 12.3 Å². The molecule has 1 aromatic carbocycles. The fraction of sp³-hybridized carbons (Fsp3) is 0.438. The average molecular weight is 259 g/mol. The highest BCUT2D eigenvalue weighted by atomic mass is 16.6. The highest BCUT2D eigenvalue weighted by Gasteiger charge is 2.14. The molecule has 0 aliphatic rings. The highest BCUT2D eigenvalue weighted by Crippen LogP contribution is 2.12. The second kappa shape index (κ2) is 8.20. The topological polar surface area (TPSA) is 38.3 Å². The average Bonchev–Trinajstić information content (AvgIpc) is 2.44. The van der Waals surface area contributed by atoms with Crippen molar-refractivity contribution in [1.82, 2.24) is 5.32 Å². The van der Waals surface area contributed by atoms with E-state index in [4.69, 9.17) is 11.2 Å². The Hall–Kier alpha value is -1.95. The molecule has 0 aliphatic carbocycles. The van der Waals surface area contributed by atoms with Crippen molar-refractivity contribution in [2.24, 2.45) is 0 Å². The number of rotatable bonds is 6. The van der Waals surface area contributed by atoms with E-state index in [1.807, 2.05) is 37.3 Å². The number of terminal acetylenes is 1. The molecule has 0 radical (unpaired) electrons. The molecular formula is C16H21NO2. The Morgan fingerprint density at radius 1 is 1.42 bits per heavy atom. The Kier molecular flexibility index (Phi) is 6.52. The minimum atomic E-state index is -0.463. The van der Waals surface area contributed by atoms with Crippen LogP contribution in [0.5, 0.6) is 0 Å². The van der Waals surface area contributed by atoms with E-state index in [1.54, 1.807) is 0 Å². The van der Waals surface area contributed by atoms with Crippen LogP contribution < -0.4 is 5.32 Å². The summed E-state index contributed by atoms with van der Waals surface area (Å²) >= 11 is 0. The summed E-state index contributed by atoms with van der Waals surface area (Å²) in [7, 11) is 0. The normalized spacial score (nSPS) is 13.1. The first-order valence-corrected chi connectivity index (χ1v) is 6.65. The fourth-order valence-electron chi connectivity index (χ4n) is 1.73. The first kappa shape index (κ1) is 15.1. The summed E-state index contributed by atoms with van der Waals surface area (Å²) < 4.78 is 5.21. The zero-order chi connectivity index (χ0) is 14.1. The van der Waals surface area contributed by atoms with Gasteiger partial charge in [-0.05, 0) is 25.3 Å². The summed E-state index contributed by atoms with van der Waals surface area (Å²) in [6, 6.07) is 9.63. The summed E-state index contributed by atoms with van der Waals surface area (Å²) in [5, 5.41) is 2.78. The van der Waals surface area contributed by atoms with E-state index < -0.39 is 12.2 Å². The summed E-state index contributed by atoms with van der Waals surface area (Å²) in [4.78, 5) is 11.7. The van der Waals surface area contributed by atoms with E-state index in [-0.39, 0.29) is 6.04 Å². The number of carbonyl (C=O) groups excluding carboxylic acids is 1. The predicted molar refractivity (Wildman–Crippen MR) is 76.6 cm³/mol. The lowest BCUT2D eigenvalue weighted by molar-refractivity contribution is 0.115. The summed E-state index contributed by atoms with van der Waals surface area (Å²) in [5.41, 5.74) is 1.03. The maximum Gasteiger partial charge on any atom is 0.408 e. The van der Waals surface area contributed by atoms with Gasteiger partial charge < -0.3 is 10.1 Å². The highest BCUT2D eigenvalue weighted by molar-refractivity contribution is 5.68. The Morgan fingerprint density at radius 3 is 2.68 bits per heavy atom. The molecule has 0 heterocycles. The molecule has 0 fully saturated rings. The molecule has 0 saturated heterocycles. The Balaban J connectivity index is 2.44. The molecule has 0 bridgehead atoms. The number of amides is 1. The molecule has 0 aromatic heterocycles. The second-order valence-electron chi connectivity index (χ2n) is 4.48. The van der Waals surface area contributed by atoms with Gasteiger partial charge in [0.2, 0.25) is 0 Å². The van der Waals surface area contributed by atoms with Crippen LogP contribution in [-0.2, 0) is 4.74 Å². The van der Waals surface area contributed by atoms with Gasteiger partial charge in [-0.1, -0.05) is 49.6 Å². The van der Waals surface area contributed by atoms with Gasteiger partial charge in [0.15, 0.2) is 6.10 Å². The molecule has 1 N–H and O–H groups in total. The van der Waals surface area contributed by atoms with Gasteiger partial charge in [-0.3, -0.25) is 0 Å². The predicted octanol–water partition coefficient (Wildman–Crippen LogP) is 3.67. The van der Waals surface area contributed by atoms with Crippen LogP contribution in [-0.4, -0.2) is 12.2 Å². The van der Waals surface area contributed by atoms with E-state index in [0.29, 0.717) is 6.42 Å². The molecular weight excluding hydrogens is 238 g/mol. The van der Waals surface area contributed by atoms with Gasteiger partial charge in [-0.2, -0.15) is 0 Å². The van der Waals surface area contributed by atoms with Gasteiger partial charge in [0.1, 0.15) is 0 Å². The standard InChI is InChI=1S/C16H21NO2/c1-4-6-12-15(5-2)19-16(18)17-13(3)14-10-8-7-9-11-14/h2,7-11,13,15H,4,6,12H2,1,3H3,(H,17,18)/t13-,15+/m1/s1. The van der Waals surface area contributed by atoms with Gasteiger partial charge >= 0.3 is 6.09 Å². The number of alkyl carbamates (subject to hydrolysis) is 1. The van der Waals surface area contributed by atoms with E-state index in [9.17, 15) is 4.79 Å². The summed E-state index contributed by atoms with van der Waals surface area (Å²) in [6.45, 7) is 3.98. The zero-order valence-corrected chi connectivity index (χ0v) is 11.6. The second-order valence-corrected chi connectivity index (χ2v) is 4.48. The number of nitrogens with one attached hydrogen (secondary N) is 1. The van der Waals surface area contributed by atoms with E-state index in [1.165, 1.54) is 0 Å². The van der Waals surface area contributed by atoms with Crippen molar-refractivity contribution in [1.29, 1.82) is 0 Å². The maximum absolute atomic E-state index is 11.7. The van der Waals surface area contributed by atoms with E-state index in [0.717, 1.165) is 18.4 Å². The van der Waals surface area contributed by atoms with Crippen LogP contribution in [0.4, 0.5) is 4.79 Å². The molecule has 0 spiro atoms. The maximum atomic E-state index is 11.7. The SMILES string of the molecule is C#C[C@@H](CCCC)OC(=O)N[C@H](C)c1ccccc1. The molecule has 3 heteroatoms. The van der Waals surface area contributed by atoms with Crippen LogP contribution >= 0.6 is 0 Å². The van der Waals surface area contributed by atoms with Gasteiger partial charge in [0.25, 0.3) is 0 Å². The number of hydrogen-bond donors (Lipinski definition) is 1. The van der Waals surface area contributed by atoms with Gasteiger partial charge in [-0.15, -0.1) is 6.42 Å². The molecule has 3 nitrogen and oxygen atoms in total. The fourth-order valence-corrected chi connectivity index (χ4v) is 1.73. The van der Waals surface area contributed by atoms with Gasteiger partial charge in [-0.25, -0.2) is 4.79 Å². The van der Waals surface area contributed by atoms with Crippen LogP contribution in [0.3, 0.4) is 0 Å². The monoisotopic (exact) mass is 259 g/mol. The van der Waals surface area contributed by atoms with Crippen LogP contribution in [0, 0.1) is 12.3 Å². The first-order chi connectivity index (χ1) is 9.17. The minimum absolute atomic E-state index is 0.0988. The van der Waals surface area contributed by atoms with Crippen LogP contribution in [0.25, 0.3) is 0 Å². The van der Waals surface area contributed by atoms with Crippen LogP contribution in [0.1, 0.15) is 44.7 Å². The molecule has 2 atom stereocenters. The quantitative estimate of drug-likeness (QED) is 0.792. The number of ether oxygens (including phenoxy) is 1. The third kappa shape index (κ3) is 5.48.